The number of thiophene rings is 1. The van der Waals surface area contributed by atoms with Gasteiger partial charge in [0.05, 0.1) is 5.75 Å². The van der Waals surface area contributed by atoms with Crippen molar-refractivity contribution in [3.05, 3.63) is 63.4 Å². The Morgan fingerprint density at radius 2 is 2.28 bits per heavy atom. The van der Waals surface area contributed by atoms with Crippen molar-refractivity contribution in [3.8, 4) is 0 Å². The van der Waals surface area contributed by atoms with E-state index in [1.165, 1.54) is 22.7 Å². The maximum atomic E-state index is 13.5. The van der Waals surface area contributed by atoms with Crippen molar-refractivity contribution < 1.29 is 9.18 Å². The zero-order valence-corrected chi connectivity index (χ0v) is 15.2. The highest BCUT2D eigenvalue weighted by Crippen LogP contribution is 2.16. The summed E-state index contributed by atoms with van der Waals surface area (Å²) in [7, 11) is 0. The van der Waals surface area contributed by atoms with Crippen molar-refractivity contribution in [2.24, 2.45) is 0 Å². The summed E-state index contributed by atoms with van der Waals surface area (Å²) in [6.07, 6.45) is 0.705. The smallest absolute Gasteiger partial charge is 0.230 e. The molecule has 0 aliphatic carbocycles. The molecule has 0 atom stereocenters. The lowest BCUT2D eigenvalue weighted by Crippen LogP contribution is -2.24. The summed E-state index contributed by atoms with van der Waals surface area (Å²) in [5.74, 6) is 0.584. The van der Waals surface area contributed by atoms with Gasteiger partial charge in [-0.3, -0.25) is 9.89 Å². The number of hydrogen-bond acceptors (Lipinski definition) is 5. The number of nitrogens with zero attached hydrogens (tertiary/aromatic N) is 2. The maximum absolute atomic E-state index is 13.5. The topological polar surface area (TPSA) is 70.7 Å². The number of H-pyrrole nitrogens is 1. The van der Waals surface area contributed by atoms with Gasteiger partial charge >= 0.3 is 0 Å². The van der Waals surface area contributed by atoms with Gasteiger partial charge in [-0.05, 0) is 35.6 Å². The fraction of sp³-hybridized carbons (Fsp3) is 0.235. The molecule has 8 heteroatoms. The van der Waals surface area contributed by atoms with Gasteiger partial charge in [-0.25, -0.2) is 9.37 Å². The molecule has 0 bridgehead atoms. The Bertz CT molecular complexity index is 848. The Balaban J connectivity index is 1.44. The number of rotatable bonds is 7. The van der Waals surface area contributed by atoms with Crippen molar-refractivity contribution in [1.29, 1.82) is 0 Å². The van der Waals surface area contributed by atoms with Gasteiger partial charge in [0, 0.05) is 17.8 Å². The van der Waals surface area contributed by atoms with Gasteiger partial charge in [0.1, 0.15) is 11.6 Å². The molecule has 25 heavy (non-hydrogen) atoms. The molecule has 0 radical (unpaired) electrons. The molecule has 2 aromatic heterocycles. The van der Waals surface area contributed by atoms with Gasteiger partial charge in [-0.1, -0.05) is 30.0 Å². The van der Waals surface area contributed by atoms with Gasteiger partial charge in [0.15, 0.2) is 0 Å². The van der Waals surface area contributed by atoms with E-state index in [0.717, 1.165) is 11.4 Å². The first-order valence-corrected chi connectivity index (χ1v) is 9.55. The number of halogens is 1. The van der Waals surface area contributed by atoms with E-state index in [0.29, 0.717) is 23.7 Å². The fourth-order valence-electron chi connectivity index (χ4n) is 2.13. The van der Waals surface area contributed by atoms with Gasteiger partial charge in [-0.2, -0.15) is 0 Å². The van der Waals surface area contributed by atoms with Crippen molar-refractivity contribution in [1.82, 2.24) is 20.5 Å². The highest BCUT2D eigenvalue weighted by Gasteiger charge is 2.09. The molecule has 0 spiro atoms. The van der Waals surface area contributed by atoms with Crippen molar-refractivity contribution in [3.63, 3.8) is 0 Å². The Hall–Kier alpha value is -2.19. The minimum absolute atomic E-state index is 0.143. The van der Waals surface area contributed by atoms with Gasteiger partial charge in [-0.15, -0.1) is 16.4 Å². The second-order valence-corrected chi connectivity index (χ2v) is 7.44. The van der Waals surface area contributed by atoms with E-state index in [4.69, 9.17) is 0 Å². The SMILES string of the molecule is Cc1ccc(CNC(=O)CSc2n[nH]c(Cc3cccs3)n2)cc1F. The average Bonchev–Trinajstić information content (AvgIpc) is 3.26. The van der Waals surface area contributed by atoms with Crippen LogP contribution in [0.4, 0.5) is 4.39 Å². The molecule has 3 aromatic rings. The first kappa shape index (κ1) is 17.6. The van der Waals surface area contributed by atoms with Crippen LogP contribution in [-0.2, 0) is 17.8 Å². The number of benzene rings is 1. The molecular weight excluding hydrogens is 359 g/mol. The van der Waals surface area contributed by atoms with Gasteiger partial charge in [0.2, 0.25) is 11.1 Å². The Labute approximate surface area is 153 Å². The Kier molecular flexibility index (Phi) is 5.83. The van der Waals surface area contributed by atoms with E-state index in [2.05, 4.69) is 20.5 Å². The summed E-state index contributed by atoms with van der Waals surface area (Å²) in [4.78, 5) is 17.5. The minimum Gasteiger partial charge on any atom is -0.351 e. The van der Waals surface area contributed by atoms with Crippen molar-refractivity contribution >= 4 is 29.0 Å². The van der Waals surface area contributed by atoms with E-state index < -0.39 is 0 Å². The standard InChI is InChI=1S/C17H17FN4OS2/c1-11-4-5-12(7-14(11)18)9-19-16(23)10-25-17-20-15(21-22-17)8-13-3-2-6-24-13/h2-7H,8-10H2,1H3,(H,19,23)(H,20,21,22). The van der Waals surface area contributed by atoms with E-state index in [-0.39, 0.29) is 17.5 Å². The Morgan fingerprint density at radius 3 is 3.04 bits per heavy atom. The predicted molar refractivity (Wildman–Crippen MR) is 97.2 cm³/mol. The number of aromatic nitrogens is 3. The van der Waals surface area contributed by atoms with Crippen molar-refractivity contribution in [2.45, 2.75) is 25.0 Å². The number of carbonyl (C=O) groups is 1. The van der Waals surface area contributed by atoms with E-state index in [1.54, 1.807) is 30.4 Å². The normalized spacial score (nSPS) is 10.8. The lowest BCUT2D eigenvalue weighted by atomic mass is 10.1. The van der Waals surface area contributed by atoms with Crippen LogP contribution in [0.15, 0.2) is 40.9 Å². The highest BCUT2D eigenvalue weighted by atomic mass is 32.2. The molecule has 2 heterocycles. The number of thioether (sulfide) groups is 1. The molecule has 1 amide bonds. The van der Waals surface area contributed by atoms with Gasteiger partial charge < -0.3 is 5.32 Å². The molecule has 5 nitrogen and oxygen atoms in total. The minimum atomic E-state index is -0.264. The zero-order valence-electron chi connectivity index (χ0n) is 13.6. The molecule has 0 saturated heterocycles. The van der Waals surface area contributed by atoms with Crippen LogP contribution in [-0.4, -0.2) is 26.8 Å². The number of hydrogen-bond donors (Lipinski definition) is 2. The summed E-state index contributed by atoms with van der Waals surface area (Å²) >= 11 is 2.93. The summed E-state index contributed by atoms with van der Waals surface area (Å²) in [5.41, 5.74) is 1.33. The molecule has 0 unspecified atom stereocenters. The highest BCUT2D eigenvalue weighted by molar-refractivity contribution is 7.99. The number of nitrogens with one attached hydrogen (secondary N) is 2. The largest absolute Gasteiger partial charge is 0.351 e. The summed E-state index contributed by atoms with van der Waals surface area (Å²) in [6, 6.07) is 8.98. The van der Waals surface area contributed by atoms with Gasteiger partial charge in [0.25, 0.3) is 0 Å². The number of aryl methyl sites for hydroxylation is 1. The molecule has 0 aliphatic rings. The number of carbonyl (C=O) groups excluding carboxylic acids is 1. The second kappa shape index (κ2) is 8.26. The van der Waals surface area contributed by atoms with E-state index >= 15 is 0 Å². The van der Waals surface area contributed by atoms with Crippen LogP contribution in [0.3, 0.4) is 0 Å². The third kappa shape index (κ3) is 5.14. The first-order valence-electron chi connectivity index (χ1n) is 7.68. The van der Waals surface area contributed by atoms with Crippen molar-refractivity contribution in [2.75, 3.05) is 5.75 Å². The van der Waals surface area contributed by atoms with Crippen LogP contribution in [0.1, 0.15) is 21.8 Å². The summed E-state index contributed by atoms with van der Waals surface area (Å²) in [6.45, 7) is 2.01. The maximum Gasteiger partial charge on any atom is 0.230 e. The molecule has 130 valence electrons. The third-order valence-electron chi connectivity index (χ3n) is 3.49. The third-order valence-corrected chi connectivity index (χ3v) is 5.21. The first-order chi connectivity index (χ1) is 12.1. The van der Waals surface area contributed by atoms with Crippen LogP contribution in [0.25, 0.3) is 0 Å². The van der Waals surface area contributed by atoms with Crippen LogP contribution < -0.4 is 5.32 Å². The Morgan fingerprint density at radius 1 is 1.40 bits per heavy atom. The monoisotopic (exact) mass is 376 g/mol. The predicted octanol–water partition coefficient (Wildman–Crippen LogP) is 3.31. The van der Waals surface area contributed by atoms with E-state index in [9.17, 15) is 9.18 Å². The summed E-state index contributed by atoms with van der Waals surface area (Å²) in [5, 5.41) is 12.3. The molecule has 2 N–H and O–H groups in total. The molecular formula is C17H17FN4OS2. The zero-order chi connectivity index (χ0) is 17.6. The van der Waals surface area contributed by atoms with Crippen LogP contribution in [0.2, 0.25) is 0 Å². The summed E-state index contributed by atoms with van der Waals surface area (Å²) < 4.78 is 13.5. The molecule has 1 aromatic carbocycles. The van der Waals surface area contributed by atoms with Crippen LogP contribution in [0.5, 0.6) is 0 Å². The average molecular weight is 376 g/mol. The lowest BCUT2D eigenvalue weighted by Gasteiger charge is -2.05. The molecule has 3 rings (SSSR count). The lowest BCUT2D eigenvalue weighted by molar-refractivity contribution is -0.118. The van der Waals surface area contributed by atoms with Crippen LogP contribution >= 0.6 is 23.1 Å². The molecule has 0 aliphatic heterocycles. The van der Waals surface area contributed by atoms with Crippen LogP contribution in [0, 0.1) is 12.7 Å². The molecule has 0 saturated carbocycles. The second-order valence-electron chi connectivity index (χ2n) is 5.47. The number of aromatic amines is 1. The fourth-order valence-corrected chi connectivity index (χ4v) is 3.48. The molecule has 0 fully saturated rings. The van der Waals surface area contributed by atoms with E-state index in [1.807, 2.05) is 17.5 Å². The quantitative estimate of drug-likeness (QED) is 0.621. The number of amides is 1.